The monoisotopic (exact) mass is 226 g/mol. The lowest BCUT2D eigenvalue weighted by Gasteiger charge is -2.01. The van der Waals surface area contributed by atoms with Crippen LogP contribution in [0.4, 0.5) is 0 Å². The summed E-state index contributed by atoms with van der Waals surface area (Å²) in [7, 11) is 0. The molecule has 0 amide bonds. The maximum atomic E-state index is 5.17. The maximum absolute atomic E-state index is 5.17. The molecule has 1 atom stereocenters. The Morgan fingerprint density at radius 1 is 1.12 bits per heavy atom. The van der Waals surface area contributed by atoms with Gasteiger partial charge in [0.1, 0.15) is 0 Å². The third-order valence-corrected chi connectivity index (χ3v) is 2.91. The first-order chi connectivity index (χ1) is 8.31. The van der Waals surface area contributed by atoms with Crippen LogP contribution in [0, 0.1) is 6.92 Å². The number of rotatable bonds is 3. The lowest BCUT2D eigenvalue weighted by molar-refractivity contribution is 0.405. The van der Waals surface area contributed by atoms with Gasteiger partial charge in [0.05, 0.1) is 24.1 Å². The van der Waals surface area contributed by atoms with Crippen molar-refractivity contribution in [1.82, 2.24) is 10.2 Å². The smallest absolute Gasteiger partial charge is 0.0929 e. The molecule has 2 heterocycles. The highest BCUT2D eigenvalue weighted by molar-refractivity contribution is 5.58. The van der Waals surface area contributed by atoms with Gasteiger partial charge in [-0.05, 0) is 19.1 Å². The Bertz CT molecular complexity index is 501. The van der Waals surface area contributed by atoms with E-state index in [9.17, 15) is 0 Å². The van der Waals surface area contributed by atoms with Crippen molar-refractivity contribution < 1.29 is 4.74 Å². The molecule has 2 aromatic rings. The van der Waals surface area contributed by atoms with Crippen molar-refractivity contribution in [3.63, 3.8) is 0 Å². The summed E-state index contributed by atoms with van der Waals surface area (Å²) < 4.78 is 5.17. The molecule has 86 valence electrons. The first-order valence-electron chi connectivity index (χ1n) is 5.82. The number of benzene rings is 1. The molecule has 3 nitrogen and oxygen atoms in total. The fraction of sp³-hybridized carbons (Fsp3) is 0.286. The molecule has 3 heteroatoms. The molecule has 3 rings (SSSR count). The summed E-state index contributed by atoms with van der Waals surface area (Å²) >= 11 is 0. The molecule has 0 aliphatic carbocycles. The standard InChI is InChI=1S/C14H14N2O/c1-10-2-4-11(5-3-10)14-7-6-12(15-16-14)8-13-9-17-13/h2-7,13H,8-9H2,1H3. The molecule has 0 N–H and O–H groups in total. The fourth-order valence-corrected chi connectivity index (χ4v) is 1.77. The predicted octanol–water partition coefficient (Wildman–Crippen LogP) is 2.39. The largest absolute Gasteiger partial charge is 0.373 e. The van der Waals surface area contributed by atoms with E-state index in [-0.39, 0.29) is 0 Å². The molecule has 1 saturated heterocycles. The summed E-state index contributed by atoms with van der Waals surface area (Å²) in [6.45, 7) is 2.94. The van der Waals surface area contributed by atoms with Crippen LogP contribution in [0.3, 0.4) is 0 Å². The molecule has 1 aliphatic rings. The maximum Gasteiger partial charge on any atom is 0.0929 e. The minimum atomic E-state index is 0.370. The molecule has 17 heavy (non-hydrogen) atoms. The van der Waals surface area contributed by atoms with Gasteiger partial charge in [-0.25, -0.2) is 0 Å². The van der Waals surface area contributed by atoms with Crippen LogP contribution in [0.2, 0.25) is 0 Å². The Morgan fingerprint density at radius 3 is 2.47 bits per heavy atom. The molecule has 0 radical (unpaired) electrons. The third-order valence-electron chi connectivity index (χ3n) is 2.91. The summed E-state index contributed by atoms with van der Waals surface area (Å²) in [5.41, 5.74) is 4.29. The molecule has 1 unspecified atom stereocenters. The van der Waals surface area contributed by atoms with Crippen LogP contribution in [0.25, 0.3) is 11.3 Å². The first-order valence-corrected chi connectivity index (χ1v) is 5.82. The van der Waals surface area contributed by atoms with Gasteiger partial charge in [0.2, 0.25) is 0 Å². The lowest BCUT2D eigenvalue weighted by Crippen LogP contribution is -1.98. The Kier molecular flexibility index (Phi) is 2.61. The second-order valence-electron chi connectivity index (χ2n) is 4.44. The molecule has 0 bridgehead atoms. The van der Waals surface area contributed by atoms with Crippen LogP contribution in [-0.4, -0.2) is 22.9 Å². The second kappa shape index (κ2) is 4.26. The zero-order valence-electron chi connectivity index (χ0n) is 9.76. The molecule has 1 aliphatic heterocycles. The van der Waals surface area contributed by atoms with Gasteiger partial charge >= 0.3 is 0 Å². The SMILES string of the molecule is Cc1ccc(-c2ccc(CC3CO3)nn2)cc1. The Balaban J connectivity index is 1.80. The van der Waals surface area contributed by atoms with E-state index in [0.29, 0.717) is 6.10 Å². The van der Waals surface area contributed by atoms with E-state index in [0.717, 1.165) is 30.0 Å². The van der Waals surface area contributed by atoms with Gasteiger partial charge < -0.3 is 4.74 Å². The highest BCUT2D eigenvalue weighted by Gasteiger charge is 2.23. The van der Waals surface area contributed by atoms with Gasteiger partial charge in [-0.15, -0.1) is 0 Å². The summed E-state index contributed by atoms with van der Waals surface area (Å²) in [5.74, 6) is 0. The van der Waals surface area contributed by atoms with Gasteiger partial charge in [-0.3, -0.25) is 0 Å². The van der Waals surface area contributed by atoms with Gasteiger partial charge in [-0.1, -0.05) is 29.8 Å². The van der Waals surface area contributed by atoms with Crippen LogP contribution < -0.4 is 0 Å². The minimum Gasteiger partial charge on any atom is -0.373 e. The molecule has 0 spiro atoms. The minimum absolute atomic E-state index is 0.370. The van der Waals surface area contributed by atoms with Crippen molar-refractivity contribution >= 4 is 0 Å². The molecule has 0 saturated carbocycles. The predicted molar refractivity (Wildman–Crippen MR) is 65.6 cm³/mol. The topological polar surface area (TPSA) is 38.3 Å². The highest BCUT2D eigenvalue weighted by Crippen LogP contribution is 2.18. The summed E-state index contributed by atoms with van der Waals surface area (Å²) in [6.07, 6.45) is 1.25. The van der Waals surface area contributed by atoms with Crippen LogP contribution in [-0.2, 0) is 11.2 Å². The number of epoxide rings is 1. The van der Waals surface area contributed by atoms with Crippen molar-refractivity contribution in [1.29, 1.82) is 0 Å². The van der Waals surface area contributed by atoms with Crippen LogP contribution in [0.5, 0.6) is 0 Å². The number of hydrogen-bond donors (Lipinski definition) is 0. The third kappa shape index (κ3) is 2.50. The second-order valence-corrected chi connectivity index (χ2v) is 4.44. The molecule has 1 fully saturated rings. The van der Waals surface area contributed by atoms with Gasteiger partial charge in [-0.2, -0.15) is 10.2 Å². The van der Waals surface area contributed by atoms with Crippen molar-refractivity contribution in [3.05, 3.63) is 47.7 Å². The Hall–Kier alpha value is -1.74. The zero-order chi connectivity index (χ0) is 11.7. The van der Waals surface area contributed by atoms with Crippen molar-refractivity contribution in [2.45, 2.75) is 19.4 Å². The van der Waals surface area contributed by atoms with E-state index in [4.69, 9.17) is 4.74 Å². The van der Waals surface area contributed by atoms with Crippen LogP contribution >= 0.6 is 0 Å². The van der Waals surface area contributed by atoms with Gasteiger partial charge in [0, 0.05) is 12.0 Å². The van der Waals surface area contributed by atoms with Crippen molar-refractivity contribution in [3.8, 4) is 11.3 Å². The quantitative estimate of drug-likeness (QED) is 0.754. The Labute approximate surface area is 100 Å². The Morgan fingerprint density at radius 2 is 1.88 bits per heavy atom. The summed E-state index contributed by atoms with van der Waals surface area (Å²) in [5, 5.41) is 8.48. The molecule has 1 aromatic heterocycles. The van der Waals surface area contributed by atoms with E-state index >= 15 is 0 Å². The van der Waals surface area contributed by atoms with Gasteiger partial charge in [0.25, 0.3) is 0 Å². The molecular weight excluding hydrogens is 212 g/mol. The first kappa shape index (κ1) is 10.4. The normalized spacial score (nSPS) is 18.1. The van der Waals surface area contributed by atoms with E-state index in [1.807, 2.05) is 12.1 Å². The molecule has 1 aromatic carbocycles. The number of hydrogen-bond acceptors (Lipinski definition) is 3. The van der Waals surface area contributed by atoms with Crippen LogP contribution in [0.15, 0.2) is 36.4 Å². The molecular formula is C14H14N2O. The van der Waals surface area contributed by atoms with E-state index < -0.39 is 0 Å². The highest BCUT2D eigenvalue weighted by atomic mass is 16.6. The average molecular weight is 226 g/mol. The van der Waals surface area contributed by atoms with Crippen LogP contribution in [0.1, 0.15) is 11.3 Å². The van der Waals surface area contributed by atoms with E-state index in [2.05, 4.69) is 41.4 Å². The van der Waals surface area contributed by atoms with E-state index in [1.54, 1.807) is 0 Å². The van der Waals surface area contributed by atoms with Gasteiger partial charge in [0.15, 0.2) is 0 Å². The number of nitrogens with zero attached hydrogens (tertiary/aromatic N) is 2. The number of aryl methyl sites for hydroxylation is 1. The zero-order valence-corrected chi connectivity index (χ0v) is 9.76. The number of aromatic nitrogens is 2. The summed E-state index contributed by atoms with van der Waals surface area (Å²) in [4.78, 5) is 0. The van der Waals surface area contributed by atoms with Crippen molar-refractivity contribution in [2.75, 3.05) is 6.61 Å². The fourth-order valence-electron chi connectivity index (χ4n) is 1.77. The average Bonchev–Trinajstić information content (AvgIpc) is 3.15. The summed E-state index contributed by atoms with van der Waals surface area (Å²) in [6, 6.07) is 12.4. The van der Waals surface area contributed by atoms with Crippen molar-refractivity contribution in [2.24, 2.45) is 0 Å². The lowest BCUT2D eigenvalue weighted by atomic mass is 10.1. The number of ether oxygens (including phenoxy) is 1. The van der Waals surface area contributed by atoms with E-state index in [1.165, 1.54) is 5.56 Å².